The van der Waals surface area contributed by atoms with Gasteiger partial charge in [0.05, 0.1) is 5.41 Å². The van der Waals surface area contributed by atoms with Crippen molar-refractivity contribution in [2.45, 2.75) is 5.41 Å². The second-order valence-electron chi connectivity index (χ2n) is 14.3. The topological polar surface area (TPSA) is 47.9 Å². The molecule has 1 aromatic heterocycles. The van der Waals surface area contributed by atoms with Crippen LogP contribution in [0.3, 0.4) is 0 Å². The van der Waals surface area contributed by atoms with Crippen molar-refractivity contribution >= 4 is 0 Å². The molecule has 0 atom stereocenters. The Morgan fingerprint density at radius 1 is 0.286 bits per heavy atom. The van der Waals surface area contributed by atoms with Crippen LogP contribution in [0.2, 0.25) is 0 Å². The van der Waals surface area contributed by atoms with Crippen LogP contribution in [-0.2, 0) is 5.41 Å². The van der Waals surface area contributed by atoms with Crippen LogP contribution in [0.1, 0.15) is 22.3 Å². The molecule has 56 heavy (non-hydrogen) atoms. The van der Waals surface area contributed by atoms with Crippen molar-refractivity contribution in [3.8, 4) is 79.0 Å². The van der Waals surface area contributed by atoms with Crippen LogP contribution in [0.4, 0.5) is 0 Å². The Hall–Kier alpha value is -7.43. The lowest BCUT2D eigenvalue weighted by atomic mass is 9.65. The van der Waals surface area contributed by atoms with Gasteiger partial charge in [-0.15, -0.1) is 0 Å². The second kappa shape index (κ2) is 12.9. The molecule has 0 saturated carbocycles. The first-order valence-corrected chi connectivity index (χ1v) is 18.9. The summed E-state index contributed by atoms with van der Waals surface area (Å²) < 4.78 is 6.74. The summed E-state index contributed by atoms with van der Waals surface area (Å²) in [5, 5.41) is 0. The van der Waals surface area contributed by atoms with Gasteiger partial charge in [-0.05, 0) is 68.8 Å². The second-order valence-corrected chi connectivity index (χ2v) is 14.3. The maximum atomic E-state index is 6.74. The third-order valence-corrected chi connectivity index (χ3v) is 11.2. The fourth-order valence-corrected chi connectivity index (χ4v) is 8.76. The molecule has 262 valence electrons. The monoisotopic (exact) mass is 715 g/mol. The van der Waals surface area contributed by atoms with Crippen molar-refractivity contribution in [3.05, 3.63) is 222 Å². The summed E-state index contributed by atoms with van der Waals surface area (Å²) in [5.41, 5.74) is 13.8. The van der Waals surface area contributed by atoms with Gasteiger partial charge in [0.15, 0.2) is 17.5 Å². The first kappa shape index (κ1) is 32.0. The van der Waals surface area contributed by atoms with Gasteiger partial charge in [0.25, 0.3) is 0 Å². The van der Waals surface area contributed by atoms with E-state index in [1.807, 2.05) is 36.4 Å². The van der Waals surface area contributed by atoms with Crippen molar-refractivity contribution < 1.29 is 4.74 Å². The van der Waals surface area contributed by atoms with Crippen molar-refractivity contribution in [1.82, 2.24) is 15.0 Å². The Morgan fingerprint density at radius 2 is 0.786 bits per heavy atom. The van der Waals surface area contributed by atoms with E-state index >= 15 is 0 Å². The van der Waals surface area contributed by atoms with Gasteiger partial charge in [-0.1, -0.05) is 176 Å². The highest BCUT2D eigenvalue weighted by atomic mass is 16.5. The van der Waals surface area contributed by atoms with E-state index in [0.717, 1.165) is 61.6 Å². The molecular weight excluding hydrogens is 683 g/mol. The van der Waals surface area contributed by atoms with Crippen LogP contribution >= 0.6 is 0 Å². The highest BCUT2D eigenvalue weighted by molar-refractivity contribution is 5.90. The van der Waals surface area contributed by atoms with Gasteiger partial charge >= 0.3 is 0 Å². The highest BCUT2D eigenvalue weighted by Gasteiger charge is 2.51. The number of para-hydroxylation sites is 1. The van der Waals surface area contributed by atoms with Crippen molar-refractivity contribution in [2.24, 2.45) is 0 Å². The van der Waals surface area contributed by atoms with Gasteiger partial charge in [0.2, 0.25) is 0 Å². The molecule has 1 aliphatic carbocycles. The number of benzene rings is 8. The molecule has 0 radical (unpaired) electrons. The Balaban J connectivity index is 1.12. The summed E-state index contributed by atoms with van der Waals surface area (Å²) in [5.74, 6) is 3.58. The molecule has 1 spiro atoms. The lowest BCUT2D eigenvalue weighted by Crippen LogP contribution is -2.32. The van der Waals surface area contributed by atoms with E-state index in [1.165, 1.54) is 22.3 Å². The molecule has 2 aliphatic rings. The summed E-state index contributed by atoms with van der Waals surface area (Å²) in [6.45, 7) is 0. The van der Waals surface area contributed by atoms with Crippen molar-refractivity contribution in [3.63, 3.8) is 0 Å². The van der Waals surface area contributed by atoms with E-state index in [0.29, 0.717) is 17.5 Å². The number of fused-ring (bicyclic) bond motifs is 9. The molecule has 2 heterocycles. The third-order valence-electron chi connectivity index (χ3n) is 11.2. The van der Waals surface area contributed by atoms with Crippen LogP contribution in [0.15, 0.2) is 200 Å². The van der Waals surface area contributed by atoms with Gasteiger partial charge in [0.1, 0.15) is 11.5 Å². The van der Waals surface area contributed by atoms with Gasteiger partial charge in [-0.3, -0.25) is 0 Å². The SMILES string of the molecule is c1ccc(-c2cccc(-c3nc(-c4ccccc4)nc(-c4ccccc4-c4ccc5c(c4)C4(c6ccccc6O5)c5ccccc5-c5ccccc54)n3)c2)cc1. The lowest BCUT2D eigenvalue weighted by Gasteiger charge is -2.39. The minimum Gasteiger partial charge on any atom is -0.457 e. The molecule has 0 N–H and O–H groups in total. The smallest absolute Gasteiger partial charge is 0.164 e. The normalized spacial score (nSPS) is 12.9. The van der Waals surface area contributed by atoms with Crippen molar-refractivity contribution in [1.29, 1.82) is 0 Å². The zero-order valence-electron chi connectivity index (χ0n) is 30.3. The zero-order chi connectivity index (χ0) is 37.1. The van der Waals surface area contributed by atoms with Crippen LogP contribution in [0, 0.1) is 0 Å². The molecule has 1 aliphatic heterocycles. The van der Waals surface area contributed by atoms with Crippen LogP contribution in [0.25, 0.3) is 67.5 Å². The largest absolute Gasteiger partial charge is 0.457 e. The van der Waals surface area contributed by atoms with E-state index in [4.69, 9.17) is 19.7 Å². The fourth-order valence-electron chi connectivity index (χ4n) is 8.76. The standard InChI is InChI=1S/C52H33N3O/c1-3-16-34(17-4-1)36-20-15-21-38(32-36)50-53-49(35-18-5-2-6-19-35)54-51(55-50)42-25-8-7-22-39(42)37-30-31-48-46(33-37)52(45-28-13-14-29-47(45)56-48)43-26-11-9-23-40(43)41-24-10-12-27-44(41)52/h1-33H. The molecule has 0 saturated heterocycles. The number of nitrogens with zero attached hydrogens (tertiary/aromatic N) is 3. The van der Waals surface area contributed by atoms with Crippen LogP contribution < -0.4 is 4.74 Å². The summed E-state index contributed by atoms with van der Waals surface area (Å²) in [6, 6.07) is 70.2. The first-order valence-electron chi connectivity index (χ1n) is 18.9. The number of aromatic nitrogens is 3. The highest BCUT2D eigenvalue weighted by Crippen LogP contribution is 2.62. The Bertz CT molecular complexity index is 2910. The Morgan fingerprint density at radius 3 is 1.50 bits per heavy atom. The average molecular weight is 716 g/mol. The Kier molecular flexibility index (Phi) is 7.36. The predicted octanol–water partition coefficient (Wildman–Crippen LogP) is 12.7. The number of ether oxygens (including phenoxy) is 1. The number of rotatable bonds is 5. The minimum absolute atomic E-state index is 0.563. The van der Waals surface area contributed by atoms with E-state index in [9.17, 15) is 0 Å². The van der Waals surface area contributed by atoms with Gasteiger partial charge in [-0.25, -0.2) is 15.0 Å². The van der Waals surface area contributed by atoms with Crippen LogP contribution in [0.5, 0.6) is 11.5 Å². The maximum Gasteiger partial charge on any atom is 0.164 e. The van der Waals surface area contributed by atoms with E-state index in [2.05, 4.69) is 164 Å². The molecule has 4 heteroatoms. The Labute approximate surface area is 325 Å². The lowest BCUT2D eigenvalue weighted by molar-refractivity contribution is 0.436. The van der Waals surface area contributed by atoms with Gasteiger partial charge < -0.3 is 4.74 Å². The molecule has 0 fully saturated rings. The van der Waals surface area contributed by atoms with Crippen LogP contribution in [-0.4, -0.2) is 15.0 Å². The summed E-state index contributed by atoms with van der Waals surface area (Å²) in [4.78, 5) is 15.5. The number of hydrogen-bond acceptors (Lipinski definition) is 4. The molecule has 9 aromatic rings. The molecule has 11 rings (SSSR count). The summed E-state index contributed by atoms with van der Waals surface area (Å²) in [7, 11) is 0. The molecule has 0 bridgehead atoms. The zero-order valence-corrected chi connectivity index (χ0v) is 30.3. The number of hydrogen-bond donors (Lipinski definition) is 0. The maximum absolute atomic E-state index is 6.74. The minimum atomic E-state index is -0.563. The quantitative estimate of drug-likeness (QED) is 0.178. The van der Waals surface area contributed by atoms with E-state index < -0.39 is 5.41 Å². The van der Waals surface area contributed by atoms with E-state index in [1.54, 1.807) is 0 Å². The molecular formula is C52H33N3O. The molecule has 0 amide bonds. The fraction of sp³-hybridized carbons (Fsp3) is 0.0192. The average Bonchev–Trinajstić information content (AvgIpc) is 3.57. The summed E-state index contributed by atoms with van der Waals surface area (Å²) >= 11 is 0. The molecule has 8 aromatic carbocycles. The predicted molar refractivity (Wildman–Crippen MR) is 224 cm³/mol. The van der Waals surface area contributed by atoms with E-state index in [-0.39, 0.29) is 0 Å². The first-order chi connectivity index (χ1) is 27.8. The van der Waals surface area contributed by atoms with Crippen molar-refractivity contribution in [2.75, 3.05) is 0 Å². The third kappa shape index (κ3) is 4.96. The van der Waals surface area contributed by atoms with Gasteiger partial charge in [0, 0.05) is 27.8 Å². The summed E-state index contributed by atoms with van der Waals surface area (Å²) in [6.07, 6.45) is 0. The molecule has 0 unspecified atom stereocenters. The van der Waals surface area contributed by atoms with Gasteiger partial charge in [-0.2, -0.15) is 0 Å². The molecule has 4 nitrogen and oxygen atoms in total.